The lowest BCUT2D eigenvalue weighted by atomic mass is 10.5. The molecule has 24 heteroatoms. The number of likely N-dealkylation sites (N-methyl/N-ethyl adjacent to an activating group) is 1. The first-order valence-electron chi connectivity index (χ1n) is 24.0. The average Bonchev–Trinajstić information content (AvgIpc) is 3.93. The van der Waals surface area contributed by atoms with Gasteiger partial charge in [-0.1, -0.05) is 0 Å². The first-order valence-corrected chi connectivity index (χ1v) is 24.0. The van der Waals surface area contributed by atoms with E-state index in [4.69, 9.17) is 99.5 Å². The van der Waals surface area contributed by atoms with Crippen molar-refractivity contribution < 1.29 is 109 Å². The van der Waals surface area contributed by atoms with Gasteiger partial charge in [-0.25, -0.2) is 0 Å². The van der Waals surface area contributed by atoms with Crippen LogP contribution in [-0.4, -0.2) is 224 Å². The van der Waals surface area contributed by atoms with Gasteiger partial charge in [-0.15, -0.1) is 0 Å². The van der Waals surface area contributed by atoms with Crippen molar-refractivity contribution in [3.63, 3.8) is 0 Å². The van der Waals surface area contributed by atoms with Crippen LogP contribution >= 0.6 is 0 Å². The van der Waals surface area contributed by atoms with E-state index in [9.17, 15) is 0 Å². The summed E-state index contributed by atoms with van der Waals surface area (Å²) >= 11 is 0. The summed E-state index contributed by atoms with van der Waals surface area (Å²) in [4.78, 5) is 2.17. The predicted octanol–water partition coefficient (Wildman–Crippen LogP) is 3.92. The van der Waals surface area contributed by atoms with Crippen molar-refractivity contribution in [2.75, 3.05) is 219 Å². The smallest absolute Gasteiger partial charge is 0.229 e. The maximum atomic E-state index is 5.31. The van der Waals surface area contributed by atoms with Crippen molar-refractivity contribution in [1.82, 2.24) is 4.90 Å². The number of ether oxygens (including phenoxy) is 23. The molecule has 0 spiro atoms. The lowest BCUT2D eigenvalue weighted by molar-refractivity contribution is -0.0682. The fraction of sp³-hybridized carbons (Fsp3) is 0.708. The largest absolute Gasteiger partial charge is 0.498 e. The highest BCUT2D eigenvalue weighted by Gasteiger charge is 1.99. The van der Waals surface area contributed by atoms with Gasteiger partial charge in [-0.05, 0) is 7.05 Å². The maximum Gasteiger partial charge on any atom is 0.229 e. The summed E-state index contributed by atoms with van der Waals surface area (Å²) in [6, 6.07) is 0. The number of nitrogens with zero attached hydrogens (tertiary/aromatic N) is 1. The van der Waals surface area contributed by atoms with E-state index in [2.05, 4.69) is 21.4 Å². The molecule has 0 saturated heterocycles. The van der Waals surface area contributed by atoms with Crippen LogP contribution in [0.2, 0.25) is 0 Å². The molecule has 0 N–H and O–H groups in total. The summed E-state index contributed by atoms with van der Waals surface area (Å²) in [5, 5.41) is 0. The van der Waals surface area contributed by atoms with Gasteiger partial charge in [0.1, 0.15) is 161 Å². The van der Waals surface area contributed by atoms with Crippen LogP contribution in [0.1, 0.15) is 6.42 Å². The van der Waals surface area contributed by atoms with Crippen LogP contribution in [0.4, 0.5) is 0 Å². The number of hydrogen-bond acceptors (Lipinski definition) is 24. The highest BCUT2D eigenvalue weighted by Crippen LogP contribution is 1.94. The number of rotatable bonds is 0. The van der Waals surface area contributed by atoms with E-state index in [0.717, 1.165) is 45.9 Å². The molecular formula is C48H83NO23. The zero-order valence-corrected chi connectivity index (χ0v) is 42.3. The van der Waals surface area contributed by atoms with Gasteiger partial charge in [0.05, 0.1) is 119 Å². The molecule has 0 bridgehead atoms. The standard InChI is InChI=1S/C12H22O6.C8H14O4.C7H13NO2.C7H12O4.C6H10O3.C5H8O2.C3H4O2/c1-2-14-5-6-16-9-10-18-12-11-17-8-7-15-4-3-13-1;1-2-10-5-6-12-8-7-11-4-3-9-1;1-8-2-4-9-6-7-10-5-3-8;1-2-9-4-6-11-7-10-5-3-8-1;1-2-8-5-6-9-4-3-7-1;1-2-6-4-5-7-3-1;1-2-5-3-4-1/h1-2H,3-12H2;1-2H,3-8H2;6-7H,2-5H2,1H3;1-2H,3-7H2;1-2H,3-6H2;4-5H,1-3H2;1-2H,3H2/b;;7-6-;;;;. The minimum absolute atomic E-state index is 0.312. The summed E-state index contributed by atoms with van der Waals surface area (Å²) in [5.74, 6) is 0. The van der Waals surface area contributed by atoms with Crippen LogP contribution in [0.15, 0.2) is 87.7 Å². The molecule has 0 amide bonds. The first-order chi connectivity index (χ1) is 35.9. The molecule has 0 unspecified atom stereocenters. The summed E-state index contributed by atoms with van der Waals surface area (Å²) in [5.41, 5.74) is 0. The fourth-order valence-electron chi connectivity index (χ4n) is 4.46. The molecule has 0 saturated carbocycles. The van der Waals surface area contributed by atoms with Gasteiger partial charge in [-0.3, -0.25) is 4.90 Å². The van der Waals surface area contributed by atoms with Gasteiger partial charge in [0.15, 0.2) is 0 Å². The van der Waals surface area contributed by atoms with E-state index >= 15 is 0 Å². The van der Waals surface area contributed by atoms with Gasteiger partial charge in [-0.2, -0.15) is 0 Å². The van der Waals surface area contributed by atoms with E-state index in [-0.39, 0.29) is 0 Å². The Morgan fingerprint density at radius 1 is 0.194 bits per heavy atom. The van der Waals surface area contributed by atoms with Crippen molar-refractivity contribution in [3.8, 4) is 0 Å². The Labute approximate surface area is 425 Å². The molecule has 72 heavy (non-hydrogen) atoms. The van der Waals surface area contributed by atoms with Gasteiger partial charge in [0.2, 0.25) is 6.79 Å². The van der Waals surface area contributed by atoms with Crippen LogP contribution in [0.25, 0.3) is 0 Å². The van der Waals surface area contributed by atoms with Crippen molar-refractivity contribution >= 4 is 0 Å². The Hall–Kier alpha value is -5.02. The van der Waals surface area contributed by atoms with Crippen LogP contribution < -0.4 is 0 Å². The zero-order valence-electron chi connectivity index (χ0n) is 42.3. The molecule has 7 heterocycles. The monoisotopic (exact) mass is 1040 g/mol. The fourth-order valence-corrected chi connectivity index (χ4v) is 4.46. The summed E-state index contributed by atoms with van der Waals surface area (Å²) in [6.07, 6.45) is 22.5. The molecule has 0 aromatic carbocycles. The quantitative estimate of drug-likeness (QED) is 0.336. The third-order valence-electron chi connectivity index (χ3n) is 8.00. The van der Waals surface area contributed by atoms with E-state index in [0.29, 0.717) is 172 Å². The second-order valence-electron chi connectivity index (χ2n) is 13.7. The molecule has 24 nitrogen and oxygen atoms in total. The lowest BCUT2D eigenvalue weighted by Crippen LogP contribution is -2.25. The molecular weight excluding hydrogens is 959 g/mol. The van der Waals surface area contributed by atoms with E-state index in [1.165, 1.54) is 62.6 Å². The molecule has 7 rings (SSSR count). The third kappa shape index (κ3) is 57.6. The Kier molecular flexibility index (Phi) is 54.4. The average molecular weight is 1040 g/mol. The van der Waals surface area contributed by atoms with Gasteiger partial charge < -0.3 is 109 Å². The predicted molar refractivity (Wildman–Crippen MR) is 257 cm³/mol. The molecule has 0 aromatic heterocycles. The molecule has 0 aromatic rings. The highest BCUT2D eigenvalue weighted by molar-refractivity contribution is 4.66. The lowest BCUT2D eigenvalue weighted by Gasteiger charge is -2.13. The Balaban J connectivity index is 0.000000432. The first kappa shape index (κ1) is 65.0. The van der Waals surface area contributed by atoms with Gasteiger partial charge in [0.25, 0.3) is 0 Å². The van der Waals surface area contributed by atoms with Crippen molar-refractivity contribution in [2.45, 2.75) is 6.42 Å². The normalized spacial score (nSPS) is 21.5. The third-order valence-corrected chi connectivity index (χ3v) is 8.00. The SMILES string of the molecule is C1=COCCCO1.C1=COCCOCCO1.C1=COCCOCCOCCO1.C1=COCCOCCOCCOCCOCCO1.C1=COCCOCOCCO1.C1=COCO1.CN1CCO/C=C\OCC1. The van der Waals surface area contributed by atoms with E-state index in [1.807, 2.05) is 0 Å². The second-order valence-corrected chi connectivity index (χ2v) is 13.7. The minimum atomic E-state index is 0.312. The van der Waals surface area contributed by atoms with Crippen molar-refractivity contribution in [1.29, 1.82) is 0 Å². The Morgan fingerprint density at radius 2 is 0.389 bits per heavy atom. The second kappa shape index (κ2) is 60.3. The highest BCUT2D eigenvalue weighted by atomic mass is 16.7. The number of hydrogen-bond donors (Lipinski definition) is 0. The minimum Gasteiger partial charge on any atom is -0.498 e. The zero-order chi connectivity index (χ0) is 51.1. The van der Waals surface area contributed by atoms with E-state index in [1.54, 1.807) is 25.0 Å². The van der Waals surface area contributed by atoms with E-state index < -0.39 is 0 Å². The van der Waals surface area contributed by atoms with Crippen LogP contribution in [-0.2, 0) is 109 Å². The topological polar surface area (TPSA) is 216 Å². The molecule has 7 aliphatic heterocycles. The van der Waals surface area contributed by atoms with Crippen LogP contribution in [0, 0.1) is 0 Å². The molecule has 418 valence electrons. The van der Waals surface area contributed by atoms with Gasteiger partial charge >= 0.3 is 0 Å². The van der Waals surface area contributed by atoms with Crippen molar-refractivity contribution in [3.05, 3.63) is 87.7 Å². The Morgan fingerprint density at radius 3 is 0.625 bits per heavy atom. The molecule has 0 atom stereocenters. The van der Waals surface area contributed by atoms with Gasteiger partial charge in [0, 0.05) is 19.5 Å². The summed E-state index contributed by atoms with van der Waals surface area (Å²) in [6.45, 7) is 19.4. The summed E-state index contributed by atoms with van der Waals surface area (Å²) in [7, 11) is 2.05. The maximum absolute atomic E-state index is 5.31. The Bertz CT molecular complexity index is 1190. The van der Waals surface area contributed by atoms with Crippen LogP contribution in [0.5, 0.6) is 0 Å². The molecule has 0 radical (unpaired) electrons. The molecule has 7 aliphatic rings. The van der Waals surface area contributed by atoms with Crippen LogP contribution in [0.3, 0.4) is 0 Å². The van der Waals surface area contributed by atoms with Crippen molar-refractivity contribution in [2.24, 2.45) is 0 Å². The molecule has 0 fully saturated rings. The molecule has 0 aliphatic carbocycles. The summed E-state index contributed by atoms with van der Waals surface area (Å²) < 4.78 is 116.